The van der Waals surface area contributed by atoms with Crippen LogP contribution in [0.1, 0.15) is 17.9 Å². The second kappa shape index (κ2) is 6.07. The first kappa shape index (κ1) is 16.5. The van der Waals surface area contributed by atoms with E-state index in [0.717, 1.165) is 21.8 Å². The SMILES string of the molecule is CS(=O)(=O)c1ccc2ncnc(NC3CC3c3ccc(Br)cc3)c2c1. The van der Waals surface area contributed by atoms with Gasteiger partial charge < -0.3 is 5.32 Å². The highest BCUT2D eigenvalue weighted by Gasteiger charge is 2.38. The average molecular weight is 418 g/mol. The lowest BCUT2D eigenvalue weighted by molar-refractivity contribution is 0.602. The van der Waals surface area contributed by atoms with Crippen molar-refractivity contribution in [2.24, 2.45) is 0 Å². The maximum absolute atomic E-state index is 11.8. The molecule has 2 aromatic carbocycles. The van der Waals surface area contributed by atoms with E-state index in [-0.39, 0.29) is 4.90 Å². The monoisotopic (exact) mass is 417 g/mol. The third kappa shape index (κ3) is 3.39. The molecule has 128 valence electrons. The second-order valence-corrected chi connectivity index (χ2v) is 9.25. The van der Waals surface area contributed by atoms with Crippen molar-refractivity contribution in [3.8, 4) is 0 Å². The van der Waals surface area contributed by atoms with Gasteiger partial charge in [0.25, 0.3) is 0 Å². The number of hydrogen-bond donors (Lipinski definition) is 1. The molecule has 1 saturated carbocycles. The number of benzene rings is 2. The summed E-state index contributed by atoms with van der Waals surface area (Å²) in [6, 6.07) is 13.6. The van der Waals surface area contributed by atoms with Crippen LogP contribution in [-0.2, 0) is 9.84 Å². The molecule has 2 unspecified atom stereocenters. The van der Waals surface area contributed by atoms with Crippen LogP contribution in [0.15, 0.2) is 58.2 Å². The van der Waals surface area contributed by atoms with Crippen LogP contribution in [0.3, 0.4) is 0 Å². The van der Waals surface area contributed by atoms with Crippen molar-refractivity contribution in [1.82, 2.24) is 9.97 Å². The summed E-state index contributed by atoms with van der Waals surface area (Å²) in [6.07, 6.45) is 3.73. The quantitative estimate of drug-likeness (QED) is 0.699. The van der Waals surface area contributed by atoms with Crippen molar-refractivity contribution in [2.45, 2.75) is 23.3 Å². The Balaban J connectivity index is 1.63. The fourth-order valence-electron chi connectivity index (χ4n) is 2.99. The molecule has 5 nitrogen and oxygen atoms in total. The molecule has 0 aliphatic heterocycles. The number of sulfone groups is 1. The van der Waals surface area contributed by atoms with Crippen LogP contribution in [-0.4, -0.2) is 30.7 Å². The topological polar surface area (TPSA) is 72.0 Å². The minimum absolute atomic E-state index is 0.276. The van der Waals surface area contributed by atoms with Gasteiger partial charge >= 0.3 is 0 Å². The molecule has 0 radical (unpaired) electrons. The van der Waals surface area contributed by atoms with Gasteiger partial charge in [-0.1, -0.05) is 28.1 Å². The van der Waals surface area contributed by atoms with E-state index in [4.69, 9.17) is 0 Å². The molecule has 7 heteroatoms. The number of aromatic nitrogens is 2. The first-order valence-corrected chi connectivity index (χ1v) is 10.6. The minimum Gasteiger partial charge on any atom is -0.366 e. The number of hydrogen-bond acceptors (Lipinski definition) is 5. The fourth-order valence-corrected chi connectivity index (χ4v) is 3.90. The van der Waals surface area contributed by atoms with E-state index < -0.39 is 9.84 Å². The first-order chi connectivity index (χ1) is 11.9. The molecule has 25 heavy (non-hydrogen) atoms. The zero-order valence-corrected chi connectivity index (χ0v) is 15.9. The predicted octanol–water partition coefficient (Wildman–Crippen LogP) is 3.76. The molecule has 1 aliphatic carbocycles. The molecule has 2 atom stereocenters. The summed E-state index contributed by atoms with van der Waals surface area (Å²) < 4.78 is 24.7. The Morgan fingerprint density at radius 1 is 1.12 bits per heavy atom. The maximum atomic E-state index is 11.8. The third-order valence-corrected chi connectivity index (χ3v) is 6.08. The molecule has 1 heterocycles. The molecule has 0 spiro atoms. The Morgan fingerprint density at radius 2 is 1.88 bits per heavy atom. The van der Waals surface area contributed by atoms with E-state index >= 15 is 0 Å². The zero-order chi connectivity index (χ0) is 17.6. The molecule has 1 aliphatic rings. The summed E-state index contributed by atoms with van der Waals surface area (Å²) in [5.41, 5.74) is 2.02. The number of rotatable bonds is 4. The molecule has 1 N–H and O–H groups in total. The highest BCUT2D eigenvalue weighted by molar-refractivity contribution is 9.10. The normalized spacial score (nSPS) is 19.8. The van der Waals surface area contributed by atoms with Crippen molar-refractivity contribution >= 4 is 42.5 Å². The first-order valence-electron chi connectivity index (χ1n) is 7.88. The Morgan fingerprint density at radius 3 is 2.60 bits per heavy atom. The van der Waals surface area contributed by atoms with Crippen molar-refractivity contribution < 1.29 is 8.42 Å². The number of nitrogens with one attached hydrogen (secondary N) is 1. The highest BCUT2D eigenvalue weighted by atomic mass is 79.9. The molecule has 4 rings (SSSR count). The van der Waals surface area contributed by atoms with Crippen molar-refractivity contribution in [2.75, 3.05) is 11.6 Å². The van der Waals surface area contributed by atoms with E-state index in [1.54, 1.807) is 18.2 Å². The van der Waals surface area contributed by atoms with Crippen molar-refractivity contribution in [3.63, 3.8) is 0 Å². The smallest absolute Gasteiger partial charge is 0.175 e. The van der Waals surface area contributed by atoms with Crippen LogP contribution in [0.5, 0.6) is 0 Å². The molecule has 0 bridgehead atoms. The van der Waals surface area contributed by atoms with Gasteiger partial charge in [-0.05, 0) is 42.3 Å². The van der Waals surface area contributed by atoms with Crippen LogP contribution in [0.4, 0.5) is 5.82 Å². The standard InChI is InChI=1S/C18H16BrN3O2S/c1-25(23,24)13-6-7-16-15(8-13)18(21-10-20-16)22-17-9-14(17)11-2-4-12(19)5-3-11/h2-8,10,14,17H,9H2,1H3,(H,20,21,22). The minimum atomic E-state index is -3.27. The predicted molar refractivity (Wildman–Crippen MR) is 102 cm³/mol. The Hall–Kier alpha value is -1.99. The van der Waals surface area contributed by atoms with Gasteiger partial charge in [0, 0.05) is 28.1 Å². The van der Waals surface area contributed by atoms with Crippen molar-refractivity contribution in [1.29, 1.82) is 0 Å². The lowest BCUT2D eigenvalue weighted by atomic mass is 10.1. The summed E-state index contributed by atoms with van der Waals surface area (Å²) in [6.45, 7) is 0. The molecule has 0 saturated heterocycles. The summed E-state index contributed by atoms with van der Waals surface area (Å²) in [4.78, 5) is 8.83. The number of halogens is 1. The number of nitrogens with zero attached hydrogens (tertiary/aromatic N) is 2. The van der Waals surface area contributed by atoms with E-state index in [1.807, 2.05) is 12.1 Å². The largest absolute Gasteiger partial charge is 0.366 e. The van der Waals surface area contributed by atoms with Crippen molar-refractivity contribution in [3.05, 3.63) is 58.8 Å². The van der Waals surface area contributed by atoms with Crippen LogP contribution in [0.25, 0.3) is 10.9 Å². The van der Waals surface area contributed by atoms with Gasteiger partial charge in [-0.25, -0.2) is 18.4 Å². The van der Waals surface area contributed by atoms with Gasteiger partial charge in [0.15, 0.2) is 9.84 Å². The van der Waals surface area contributed by atoms with Gasteiger partial charge in [-0.3, -0.25) is 0 Å². The Bertz CT molecular complexity index is 1050. The van der Waals surface area contributed by atoms with E-state index in [2.05, 4.69) is 43.3 Å². The number of fused-ring (bicyclic) bond motifs is 1. The lowest BCUT2D eigenvalue weighted by Crippen LogP contribution is -2.07. The summed E-state index contributed by atoms with van der Waals surface area (Å²) in [7, 11) is -3.27. The maximum Gasteiger partial charge on any atom is 0.175 e. The Kier molecular flexibility index (Phi) is 4.00. The molecule has 0 amide bonds. The molecule has 1 fully saturated rings. The highest BCUT2D eigenvalue weighted by Crippen LogP contribution is 2.43. The van der Waals surface area contributed by atoms with Gasteiger partial charge in [0.2, 0.25) is 0 Å². The van der Waals surface area contributed by atoms with Crippen LogP contribution < -0.4 is 5.32 Å². The molecular weight excluding hydrogens is 402 g/mol. The van der Waals surface area contributed by atoms with E-state index in [9.17, 15) is 8.42 Å². The van der Waals surface area contributed by atoms with Crippen LogP contribution in [0.2, 0.25) is 0 Å². The van der Waals surface area contributed by atoms with Gasteiger partial charge in [-0.15, -0.1) is 0 Å². The molecular formula is C18H16BrN3O2S. The third-order valence-electron chi connectivity index (χ3n) is 4.45. The zero-order valence-electron chi connectivity index (χ0n) is 13.5. The van der Waals surface area contributed by atoms with Crippen LogP contribution >= 0.6 is 15.9 Å². The summed E-state index contributed by atoms with van der Waals surface area (Å²) in [5.74, 6) is 1.12. The number of anilines is 1. The Labute approximate surface area is 154 Å². The lowest BCUT2D eigenvalue weighted by Gasteiger charge is -2.09. The van der Waals surface area contributed by atoms with Gasteiger partial charge in [-0.2, -0.15) is 0 Å². The summed E-state index contributed by atoms with van der Waals surface area (Å²) >= 11 is 3.45. The van der Waals surface area contributed by atoms with E-state index in [1.165, 1.54) is 18.1 Å². The summed E-state index contributed by atoms with van der Waals surface area (Å²) in [5, 5.41) is 4.17. The van der Waals surface area contributed by atoms with Gasteiger partial charge in [0.05, 0.1) is 10.4 Å². The molecule has 1 aromatic heterocycles. The van der Waals surface area contributed by atoms with Crippen LogP contribution in [0, 0.1) is 0 Å². The average Bonchev–Trinajstić information content (AvgIpc) is 3.34. The molecule has 3 aromatic rings. The van der Waals surface area contributed by atoms with Gasteiger partial charge in [0.1, 0.15) is 12.1 Å². The van der Waals surface area contributed by atoms with E-state index in [0.29, 0.717) is 17.8 Å². The fraction of sp³-hybridized carbons (Fsp3) is 0.222. The second-order valence-electron chi connectivity index (χ2n) is 6.32.